The molecule has 0 atom stereocenters. The summed E-state index contributed by atoms with van der Waals surface area (Å²) in [6.07, 6.45) is 0. The Kier molecular flexibility index (Phi) is 11.5. The molecule has 0 N–H and O–H groups in total. The summed E-state index contributed by atoms with van der Waals surface area (Å²) in [6.45, 7) is 0. The fraction of sp³-hybridized carbons (Fsp3) is 0. The SMILES string of the molecule is c1ccc([As](c2ccccc2)(c2ccccc2)c2ccccc2)cc1.c1ccc([O][Sn]([O]c2ccccc2)[O]c2ccccc2)cc1. The quantitative estimate of drug-likeness (QED) is 0.137. The Morgan fingerprint density at radius 3 is 0.660 bits per heavy atom. The van der Waals surface area contributed by atoms with Crippen LogP contribution in [0.2, 0.25) is 0 Å². The van der Waals surface area contributed by atoms with E-state index in [0.29, 0.717) is 0 Å². The zero-order chi connectivity index (χ0) is 32.0. The van der Waals surface area contributed by atoms with Crippen molar-refractivity contribution in [3.8, 4) is 17.2 Å². The van der Waals surface area contributed by atoms with Gasteiger partial charge in [0.15, 0.2) is 0 Å². The summed E-state index contributed by atoms with van der Waals surface area (Å²) >= 11 is -5.82. The van der Waals surface area contributed by atoms with Crippen LogP contribution < -0.4 is 26.6 Å². The Labute approximate surface area is 288 Å². The van der Waals surface area contributed by atoms with Crippen LogP contribution in [0.1, 0.15) is 0 Å². The number of rotatable bonds is 10. The zero-order valence-corrected chi connectivity index (χ0v) is 30.6. The van der Waals surface area contributed by atoms with Crippen LogP contribution in [0, 0.1) is 0 Å². The van der Waals surface area contributed by atoms with Crippen LogP contribution in [0.15, 0.2) is 212 Å². The van der Waals surface area contributed by atoms with E-state index < -0.39 is 34.6 Å². The summed E-state index contributed by atoms with van der Waals surface area (Å²) in [5.41, 5.74) is 0. The molecule has 0 fully saturated rings. The molecule has 2 radical (unpaired) electrons. The maximum absolute atomic E-state index is 5.97. The second-order valence-corrected chi connectivity index (χ2v) is 20.8. The number of hydrogen-bond donors (Lipinski definition) is 0. The van der Waals surface area contributed by atoms with Crippen LogP contribution in [-0.4, -0.2) is 34.6 Å². The summed E-state index contributed by atoms with van der Waals surface area (Å²) < 4.78 is 23.7. The van der Waals surface area contributed by atoms with Crippen molar-refractivity contribution in [2.75, 3.05) is 0 Å². The van der Waals surface area contributed by atoms with E-state index in [0.717, 1.165) is 17.2 Å². The van der Waals surface area contributed by atoms with Gasteiger partial charge in [-0.15, -0.1) is 0 Å². The third-order valence-electron chi connectivity index (χ3n) is 7.41. The first-order valence-corrected chi connectivity index (χ1v) is 22.7. The molecule has 0 saturated heterocycles. The molecule has 5 heteroatoms. The first kappa shape index (κ1) is 32.2. The van der Waals surface area contributed by atoms with Gasteiger partial charge >= 0.3 is 291 Å². The van der Waals surface area contributed by atoms with Gasteiger partial charge in [0.1, 0.15) is 0 Å². The molecule has 7 aromatic carbocycles. The van der Waals surface area contributed by atoms with Gasteiger partial charge in [0.2, 0.25) is 0 Å². The standard InChI is InChI=1S/C24H20As.3C6H6O.Sn/c1-5-13-21(14-6-1)25(22-15-7-2-8-16-22,23-17-9-3-10-18-23)24-19-11-4-12-20-24;3*7-6-4-2-1-3-5-6;/h1-20H;3*1-5,7H;/q;;;;+3/p-3. The molecule has 0 heterocycles. The first-order valence-electron chi connectivity index (χ1n) is 15.5. The second kappa shape index (κ2) is 16.7. The van der Waals surface area contributed by atoms with Gasteiger partial charge in [0.05, 0.1) is 0 Å². The van der Waals surface area contributed by atoms with Crippen molar-refractivity contribution in [1.82, 2.24) is 0 Å². The maximum atomic E-state index is 5.97. The fourth-order valence-corrected chi connectivity index (χ4v) is 17.4. The molecule has 0 saturated carbocycles. The molecule has 7 aromatic rings. The molecular weight excluding hydrogens is 746 g/mol. The van der Waals surface area contributed by atoms with Crippen molar-refractivity contribution in [3.05, 3.63) is 212 Å². The Morgan fingerprint density at radius 2 is 0.447 bits per heavy atom. The molecule has 230 valence electrons. The third-order valence-corrected chi connectivity index (χ3v) is 19.9. The Balaban J connectivity index is 0.000000166. The summed E-state index contributed by atoms with van der Waals surface area (Å²) in [5, 5.41) is 0. The van der Waals surface area contributed by atoms with E-state index >= 15 is 0 Å². The van der Waals surface area contributed by atoms with Gasteiger partial charge in [-0.3, -0.25) is 0 Å². The van der Waals surface area contributed by atoms with E-state index in [2.05, 4.69) is 121 Å². The molecule has 0 bridgehead atoms. The van der Waals surface area contributed by atoms with Gasteiger partial charge in [0, 0.05) is 0 Å². The van der Waals surface area contributed by atoms with Crippen molar-refractivity contribution in [3.63, 3.8) is 0 Å². The minimum atomic E-state index is -3.06. The summed E-state index contributed by atoms with van der Waals surface area (Å²) in [6, 6.07) is 73.1. The Morgan fingerprint density at radius 1 is 0.255 bits per heavy atom. The van der Waals surface area contributed by atoms with Crippen molar-refractivity contribution in [2.45, 2.75) is 0 Å². The summed E-state index contributed by atoms with van der Waals surface area (Å²) in [5.74, 6) is 2.30. The van der Waals surface area contributed by atoms with E-state index in [1.165, 1.54) is 17.4 Å². The van der Waals surface area contributed by atoms with Gasteiger partial charge in [-0.1, -0.05) is 0 Å². The predicted molar refractivity (Wildman–Crippen MR) is 197 cm³/mol. The van der Waals surface area contributed by atoms with Crippen molar-refractivity contribution < 1.29 is 9.22 Å². The molecule has 3 nitrogen and oxygen atoms in total. The number of benzene rings is 7. The van der Waals surface area contributed by atoms with Crippen molar-refractivity contribution in [1.29, 1.82) is 0 Å². The van der Waals surface area contributed by atoms with Gasteiger partial charge in [-0.05, 0) is 0 Å². The van der Waals surface area contributed by atoms with Gasteiger partial charge < -0.3 is 0 Å². The predicted octanol–water partition coefficient (Wildman–Crippen LogP) is 7.27. The van der Waals surface area contributed by atoms with Gasteiger partial charge in [-0.25, -0.2) is 0 Å². The topological polar surface area (TPSA) is 27.7 Å². The van der Waals surface area contributed by atoms with Crippen LogP contribution in [0.25, 0.3) is 0 Å². The fourth-order valence-electron chi connectivity index (χ4n) is 5.32. The average Bonchev–Trinajstić information content (AvgIpc) is 3.15. The molecule has 0 aliphatic heterocycles. The molecule has 0 aromatic heterocycles. The molecule has 47 heavy (non-hydrogen) atoms. The van der Waals surface area contributed by atoms with E-state index in [-0.39, 0.29) is 0 Å². The molecule has 0 aliphatic carbocycles. The molecule has 0 unspecified atom stereocenters. The van der Waals surface area contributed by atoms with Crippen LogP contribution in [0.4, 0.5) is 0 Å². The number of hydrogen-bond acceptors (Lipinski definition) is 3. The van der Waals surface area contributed by atoms with Crippen molar-refractivity contribution >= 4 is 52.0 Å². The zero-order valence-electron chi connectivity index (χ0n) is 25.9. The molecule has 7 rings (SSSR count). The van der Waals surface area contributed by atoms with Crippen LogP contribution >= 0.6 is 0 Å². The van der Waals surface area contributed by atoms with Crippen molar-refractivity contribution in [2.24, 2.45) is 0 Å². The Bertz CT molecular complexity index is 1620. The molecule has 0 spiro atoms. The van der Waals surface area contributed by atoms with Crippen LogP contribution in [0.5, 0.6) is 17.2 Å². The number of para-hydroxylation sites is 3. The monoisotopic (exact) mass is 782 g/mol. The van der Waals surface area contributed by atoms with E-state index in [9.17, 15) is 0 Å². The third kappa shape index (κ3) is 8.37. The van der Waals surface area contributed by atoms with Crippen LogP contribution in [0.3, 0.4) is 0 Å². The van der Waals surface area contributed by atoms with Gasteiger partial charge in [-0.2, -0.15) is 0 Å². The van der Waals surface area contributed by atoms with Gasteiger partial charge in [0.25, 0.3) is 0 Å². The minimum absolute atomic E-state index is 0.767. The van der Waals surface area contributed by atoms with Crippen LogP contribution in [-0.2, 0) is 0 Å². The molecule has 0 amide bonds. The first-order chi connectivity index (χ1) is 23.3. The molecular formula is C42H35AsO3Sn. The summed E-state index contributed by atoms with van der Waals surface area (Å²) in [4.78, 5) is 0. The average molecular weight is 781 g/mol. The van der Waals surface area contributed by atoms with E-state index in [1.54, 1.807) is 0 Å². The summed E-state index contributed by atoms with van der Waals surface area (Å²) in [7, 11) is 0. The normalized spacial score (nSPS) is 10.7. The molecule has 0 aliphatic rings. The second-order valence-electron chi connectivity index (χ2n) is 10.5. The van der Waals surface area contributed by atoms with E-state index in [4.69, 9.17) is 9.22 Å². The van der Waals surface area contributed by atoms with E-state index in [1.807, 2.05) is 91.0 Å². The Hall–Kier alpha value is -4.70.